The molecule has 8 heteroatoms. The first-order valence-corrected chi connectivity index (χ1v) is 16.1. The number of carbonyl (C=O) groups is 2. The molecule has 1 fully saturated rings. The lowest BCUT2D eigenvalue weighted by atomic mass is 9.98. The summed E-state index contributed by atoms with van der Waals surface area (Å²) in [6.45, 7) is 4.17. The summed E-state index contributed by atoms with van der Waals surface area (Å²) >= 11 is 1.41. The van der Waals surface area contributed by atoms with Crippen molar-refractivity contribution in [1.82, 2.24) is 0 Å². The lowest BCUT2D eigenvalue weighted by molar-refractivity contribution is 0.102. The smallest absolute Gasteiger partial charge is 0.265 e. The van der Waals surface area contributed by atoms with Crippen molar-refractivity contribution in [3.63, 3.8) is 0 Å². The van der Waals surface area contributed by atoms with Crippen LogP contribution in [0, 0.1) is 5.92 Å². The fraction of sp³-hybridized carbons (Fsp3) is 0.278. The van der Waals surface area contributed by atoms with Crippen LogP contribution in [0.2, 0.25) is 0 Å². The molecule has 1 saturated heterocycles. The van der Waals surface area contributed by atoms with Crippen molar-refractivity contribution in [1.29, 1.82) is 0 Å². The number of thiophene rings is 1. The summed E-state index contributed by atoms with van der Waals surface area (Å²) in [5.41, 5.74) is 6.10. The van der Waals surface area contributed by atoms with E-state index in [9.17, 15) is 14.7 Å². The second-order valence-corrected chi connectivity index (χ2v) is 12.1. The van der Waals surface area contributed by atoms with Gasteiger partial charge in [-0.3, -0.25) is 9.59 Å². The number of hydrogen-bond donors (Lipinski definition) is 3. The number of benzene rings is 3. The van der Waals surface area contributed by atoms with Crippen molar-refractivity contribution in [3.05, 3.63) is 106 Å². The van der Waals surface area contributed by atoms with Crippen LogP contribution in [0.3, 0.4) is 0 Å². The maximum Gasteiger partial charge on any atom is 0.265 e. The molecule has 0 radical (unpaired) electrons. The number of hydrogen-bond acceptors (Lipinski definition) is 6. The zero-order valence-electron chi connectivity index (χ0n) is 25.3. The van der Waals surface area contributed by atoms with Crippen LogP contribution in [0.25, 0.3) is 6.08 Å². The quantitative estimate of drug-likeness (QED) is 0.160. The third kappa shape index (κ3) is 7.75. The molecular formula is C36H40N4O3S. The van der Waals surface area contributed by atoms with Crippen molar-refractivity contribution < 1.29 is 14.7 Å². The summed E-state index contributed by atoms with van der Waals surface area (Å²) in [6, 6.07) is 25.1. The van der Waals surface area contributed by atoms with Crippen molar-refractivity contribution in [2.45, 2.75) is 32.6 Å². The molecule has 1 unspecified atom stereocenters. The highest BCUT2D eigenvalue weighted by Gasteiger charge is 2.20. The zero-order valence-corrected chi connectivity index (χ0v) is 26.1. The highest BCUT2D eigenvalue weighted by atomic mass is 32.1. The van der Waals surface area contributed by atoms with E-state index >= 15 is 0 Å². The molecular weight excluding hydrogens is 568 g/mol. The van der Waals surface area contributed by atoms with Crippen LogP contribution in [0.1, 0.15) is 58.2 Å². The summed E-state index contributed by atoms with van der Waals surface area (Å²) in [4.78, 5) is 30.7. The summed E-state index contributed by atoms with van der Waals surface area (Å²) in [5, 5.41) is 17.5. The standard InChI is InChI=1S/C36H40N4O3S/c1-3-4-5-9-28-23-30(38-35(42)27-11-16-32(17-12-27)40-21-6-8-26(24-40)25-41)15-20-33(28)39(2)31-18-13-29(14-19-31)37-36(43)34-10-7-22-44-34/h5,7,9-20,22-23,26,41H,3-4,6,8,21,24-25H2,1-2H3,(H,37,43)(H,38,42)/b9-5+. The number of piperidine rings is 1. The van der Waals surface area contributed by atoms with Gasteiger partial charge in [0.15, 0.2) is 0 Å². The Bertz CT molecular complexity index is 1570. The van der Waals surface area contributed by atoms with E-state index in [0.717, 1.165) is 72.8 Å². The Morgan fingerprint density at radius 2 is 1.75 bits per heavy atom. The molecule has 0 saturated carbocycles. The third-order valence-electron chi connectivity index (χ3n) is 7.93. The summed E-state index contributed by atoms with van der Waals surface area (Å²) in [6.07, 6.45) is 8.38. The topological polar surface area (TPSA) is 84.9 Å². The Labute approximate surface area is 263 Å². The number of aliphatic hydroxyl groups is 1. The predicted molar refractivity (Wildman–Crippen MR) is 184 cm³/mol. The molecule has 2 amide bonds. The molecule has 0 bridgehead atoms. The van der Waals surface area contributed by atoms with E-state index in [1.807, 2.05) is 91.3 Å². The van der Waals surface area contributed by atoms with Crippen LogP contribution in [0.15, 0.2) is 90.3 Å². The van der Waals surface area contributed by atoms with E-state index < -0.39 is 0 Å². The van der Waals surface area contributed by atoms with E-state index in [1.165, 1.54) is 11.3 Å². The molecule has 1 aliphatic rings. The van der Waals surface area contributed by atoms with Gasteiger partial charge in [-0.05, 0) is 109 Å². The Balaban J connectivity index is 1.28. The van der Waals surface area contributed by atoms with E-state index in [1.54, 1.807) is 0 Å². The number of allylic oxidation sites excluding steroid dienone is 1. The van der Waals surface area contributed by atoms with Crippen LogP contribution < -0.4 is 20.4 Å². The van der Waals surface area contributed by atoms with E-state index in [2.05, 4.69) is 39.5 Å². The average molecular weight is 609 g/mol. The number of nitrogens with one attached hydrogen (secondary N) is 2. The number of carbonyl (C=O) groups excluding carboxylic acids is 2. The van der Waals surface area contributed by atoms with Gasteiger partial charge < -0.3 is 25.5 Å². The number of aliphatic hydroxyl groups excluding tert-OH is 1. The Morgan fingerprint density at radius 3 is 2.45 bits per heavy atom. The molecule has 3 N–H and O–H groups in total. The Kier molecular flexibility index (Phi) is 10.5. The van der Waals surface area contributed by atoms with Gasteiger partial charge in [0.05, 0.1) is 4.88 Å². The molecule has 228 valence electrons. The largest absolute Gasteiger partial charge is 0.396 e. The van der Waals surface area contributed by atoms with E-state index in [-0.39, 0.29) is 18.4 Å². The molecule has 0 spiro atoms. The second kappa shape index (κ2) is 14.9. The third-order valence-corrected chi connectivity index (χ3v) is 8.80. The second-order valence-electron chi connectivity index (χ2n) is 11.1. The Morgan fingerprint density at radius 1 is 1.00 bits per heavy atom. The fourth-order valence-corrected chi connectivity index (χ4v) is 6.05. The molecule has 2 heterocycles. The average Bonchev–Trinajstić information content (AvgIpc) is 3.61. The van der Waals surface area contributed by atoms with Gasteiger partial charge in [-0.2, -0.15) is 0 Å². The van der Waals surface area contributed by atoms with Gasteiger partial charge in [0.1, 0.15) is 0 Å². The van der Waals surface area contributed by atoms with Crippen LogP contribution in [0.5, 0.6) is 0 Å². The minimum atomic E-state index is -0.159. The lowest BCUT2D eigenvalue weighted by Crippen LogP contribution is -2.36. The van der Waals surface area contributed by atoms with Gasteiger partial charge in [0, 0.05) is 60.7 Å². The molecule has 4 aromatic rings. The minimum Gasteiger partial charge on any atom is -0.396 e. The number of rotatable bonds is 11. The molecule has 44 heavy (non-hydrogen) atoms. The summed E-state index contributed by atoms with van der Waals surface area (Å²) in [7, 11) is 2.01. The molecule has 1 atom stereocenters. The normalized spacial score (nSPS) is 14.9. The first-order chi connectivity index (χ1) is 21.4. The van der Waals surface area contributed by atoms with Crippen molar-refractivity contribution in [3.8, 4) is 0 Å². The molecule has 5 rings (SSSR count). The Hall–Kier alpha value is -4.40. The van der Waals surface area contributed by atoms with Gasteiger partial charge in [0.2, 0.25) is 0 Å². The maximum absolute atomic E-state index is 13.2. The maximum atomic E-state index is 13.2. The molecule has 0 aliphatic carbocycles. The van der Waals surface area contributed by atoms with Crippen LogP contribution in [0.4, 0.5) is 28.4 Å². The van der Waals surface area contributed by atoms with E-state index in [0.29, 0.717) is 16.4 Å². The first kappa shape index (κ1) is 31.0. The number of amides is 2. The van der Waals surface area contributed by atoms with Crippen LogP contribution >= 0.6 is 11.3 Å². The number of unbranched alkanes of at least 4 members (excludes halogenated alkanes) is 1. The monoisotopic (exact) mass is 608 g/mol. The minimum absolute atomic E-state index is 0.115. The summed E-state index contributed by atoms with van der Waals surface area (Å²) in [5.74, 6) is 0.0299. The molecule has 7 nitrogen and oxygen atoms in total. The fourth-order valence-electron chi connectivity index (χ4n) is 5.43. The van der Waals surface area contributed by atoms with Gasteiger partial charge in [0.25, 0.3) is 11.8 Å². The highest BCUT2D eigenvalue weighted by molar-refractivity contribution is 7.12. The highest BCUT2D eigenvalue weighted by Crippen LogP contribution is 2.32. The van der Waals surface area contributed by atoms with Gasteiger partial charge >= 0.3 is 0 Å². The first-order valence-electron chi connectivity index (χ1n) is 15.2. The summed E-state index contributed by atoms with van der Waals surface area (Å²) < 4.78 is 0. The SMILES string of the molecule is CCC/C=C/c1cc(NC(=O)c2ccc(N3CCCC(CO)C3)cc2)ccc1N(C)c1ccc(NC(=O)c2cccs2)cc1. The lowest BCUT2D eigenvalue weighted by Gasteiger charge is -2.33. The van der Waals surface area contributed by atoms with E-state index in [4.69, 9.17) is 0 Å². The van der Waals surface area contributed by atoms with Crippen molar-refractivity contribution in [2.75, 3.05) is 47.2 Å². The van der Waals surface area contributed by atoms with Crippen LogP contribution in [-0.4, -0.2) is 43.7 Å². The molecule has 1 aromatic heterocycles. The van der Waals surface area contributed by atoms with Crippen LogP contribution in [-0.2, 0) is 0 Å². The number of nitrogens with zero attached hydrogens (tertiary/aromatic N) is 2. The van der Waals surface area contributed by atoms with Gasteiger partial charge in [-0.1, -0.05) is 31.6 Å². The molecule has 3 aromatic carbocycles. The van der Waals surface area contributed by atoms with Gasteiger partial charge in [-0.15, -0.1) is 11.3 Å². The van der Waals surface area contributed by atoms with Gasteiger partial charge in [-0.25, -0.2) is 0 Å². The zero-order chi connectivity index (χ0) is 30.9. The van der Waals surface area contributed by atoms with Crippen molar-refractivity contribution >= 4 is 57.7 Å². The molecule has 1 aliphatic heterocycles. The number of anilines is 5. The predicted octanol–water partition coefficient (Wildman–Crippen LogP) is 8.04. The van der Waals surface area contributed by atoms with Crippen molar-refractivity contribution in [2.24, 2.45) is 5.92 Å².